The number of amides is 1. The third-order valence-corrected chi connectivity index (χ3v) is 5.76. The molecule has 0 bridgehead atoms. The smallest absolute Gasteiger partial charge is 0.255 e. The van der Waals surface area contributed by atoms with Crippen molar-refractivity contribution in [2.24, 2.45) is 0 Å². The minimum absolute atomic E-state index is 0.0923. The molecule has 5 nitrogen and oxygen atoms in total. The van der Waals surface area contributed by atoms with E-state index in [1.54, 1.807) is 11.3 Å². The van der Waals surface area contributed by atoms with Gasteiger partial charge >= 0.3 is 0 Å². The van der Waals surface area contributed by atoms with E-state index in [1.165, 1.54) is 5.56 Å². The lowest BCUT2D eigenvalue weighted by atomic mass is 10.1. The normalized spacial score (nSPS) is 14.6. The quantitative estimate of drug-likeness (QED) is 0.760. The second-order valence-corrected chi connectivity index (χ2v) is 7.54. The van der Waals surface area contributed by atoms with Gasteiger partial charge in [-0.15, -0.1) is 0 Å². The van der Waals surface area contributed by atoms with Crippen molar-refractivity contribution in [2.75, 3.05) is 36.5 Å². The van der Waals surface area contributed by atoms with Crippen LogP contribution in [0.2, 0.25) is 0 Å². The van der Waals surface area contributed by atoms with Crippen molar-refractivity contribution >= 4 is 38.3 Å². The molecule has 134 valence electrons. The zero-order valence-electron chi connectivity index (χ0n) is 14.9. The van der Waals surface area contributed by atoms with Crippen molar-refractivity contribution in [3.8, 4) is 0 Å². The molecule has 1 aromatic heterocycles. The summed E-state index contributed by atoms with van der Waals surface area (Å²) in [5.41, 5.74) is 4.72. The van der Waals surface area contributed by atoms with Crippen LogP contribution in [0, 0.1) is 13.8 Å². The molecule has 1 fully saturated rings. The standard InChI is InChI=1S/C20H21N3O2S/c1-13-3-4-15(11-14(13)2)19(24)21-16-5-6-17-18(12-16)26-20(22-17)23-7-9-25-10-8-23/h3-6,11-12H,7-10H2,1-2H3,(H,21,24). The van der Waals surface area contributed by atoms with Crippen molar-refractivity contribution in [1.29, 1.82) is 0 Å². The van der Waals surface area contributed by atoms with Crippen LogP contribution < -0.4 is 10.2 Å². The first kappa shape index (κ1) is 17.0. The highest BCUT2D eigenvalue weighted by Gasteiger charge is 2.16. The van der Waals surface area contributed by atoms with Gasteiger partial charge in [0.1, 0.15) is 0 Å². The maximum Gasteiger partial charge on any atom is 0.255 e. The minimum atomic E-state index is -0.0923. The zero-order chi connectivity index (χ0) is 18.1. The van der Waals surface area contributed by atoms with E-state index in [-0.39, 0.29) is 5.91 Å². The molecule has 6 heteroatoms. The number of aromatic nitrogens is 1. The molecule has 1 N–H and O–H groups in total. The van der Waals surface area contributed by atoms with E-state index in [9.17, 15) is 4.79 Å². The van der Waals surface area contributed by atoms with Crippen molar-refractivity contribution in [3.05, 3.63) is 53.1 Å². The molecule has 4 rings (SSSR count). The molecule has 3 aromatic rings. The van der Waals surface area contributed by atoms with E-state index in [0.29, 0.717) is 5.56 Å². The van der Waals surface area contributed by atoms with Crippen LogP contribution in [0.15, 0.2) is 36.4 Å². The number of fused-ring (bicyclic) bond motifs is 1. The molecular weight excluding hydrogens is 346 g/mol. The highest BCUT2D eigenvalue weighted by atomic mass is 32.1. The molecule has 0 radical (unpaired) electrons. The van der Waals surface area contributed by atoms with Gasteiger partial charge < -0.3 is 15.0 Å². The Labute approximate surface area is 156 Å². The molecule has 1 aliphatic rings. The van der Waals surface area contributed by atoms with Gasteiger partial charge in [-0.2, -0.15) is 0 Å². The lowest BCUT2D eigenvalue weighted by Crippen LogP contribution is -2.36. The van der Waals surface area contributed by atoms with E-state index < -0.39 is 0 Å². The fraction of sp³-hybridized carbons (Fsp3) is 0.300. The Morgan fingerprint density at radius 2 is 1.92 bits per heavy atom. The number of thiazole rings is 1. The van der Waals surface area contributed by atoms with Gasteiger partial charge in [0.25, 0.3) is 5.91 Å². The number of nitrogens with one attached hydrogen (secondary N) is 1. The first-order valence-electron chi connectivity index (χ1n) is 8.72. The average molecular weight is 367 g/mol. The Hall–Kier alpha value is -2.44. The fourth-order valence-corrected chi connectivity index (χ4v) is 4.02. The molecule has 0 unspecified atom stereocenters. The van der Waals surface area contributed by atoms with E-state index >= 15 is 0 Å². The summed E-state index contributed by atoms with van der Waals surface area (Å²) in [4.78, 5) is 19.5. The lowest BCUT2D eigenvalue weighted by Gasteiger charge is -2.25. The van der Waals surface area contributed by atoms with E-state index in [4.69, 9.17) is 9.72 Å². The van der Waals surface area contributed by atoms with Gasteiger partial charge in [-0.3, -0.25) is 4.79 Å². The van der Waals surface area contributed by atoms with Crippen LogP contribution in [0.25, 0.3) is 10.2 Å². The second-order valence-electron chi connectivity index (χ2n) is 6.53. The summed E-state index contributed by atoms with van der Waals surface area (Å²) in [6.07, 6.45) is 0. The Morgan fingerprint density at radius 1 is 1.12 bits per heavy atom. The van der Waals surface area contributed by atoms with Crippen LogP contribution in [0.3, 0.4) is 0 Å². The molecule has 0 spiro atoms. The molecule has 0 saturated carbocycles. The molecule has 2 aromatic carbocycles. The number of carbonyl (C=O) groups excluding carboxylic acids is 1. The summed E-state index contributed by atoms with van der Waals surface area (Å²) in [6, 6.07) is 11.6. The largest absolute Gasteiger partial charge is 0.378 e. The van der Waals surface area contributed by atoms with Crippen molar-refractivity contribution in [2.45, 2.75) is 13.8 Å². The highest BCUT2D eigenvalue weighted by Crippen LogP contribution is 2.31. The summed E-state index contributed by atoms with van der Waals surface area (Å²) < 4.78 is 6.48. The van der Waals surface area contributed by atoms with Crippen LogP contribution in [0.4, 0.5) is 10.8 Å². The van der Waals surface area contributed by atoms with Crippen LogP contribution in [-0.4, -0.2) is 37.2 Å². The first-order valence-corrected chi connectivity index (χ1v) is 9.54. The van der Waals surface area contributed by atoms with Crippen LogP contribution in [0.5, 0.6) is 0 Å². The Morgan fingerprint density at radius 3 is 2.69 bits per heavy atom. The number of anilines is 2. The van der Waals surface area contributed by atoms with Gasteiger partial charge in [0.2, 0.25) is 0 Å². The molecule has 0 aliphatic carbocycles. The van der Waals surface area contributed by atoms with Gasteiger partial charge in [0.15, 0.2) is 5.13 Å². The predicted molar refractivity (Wildman–Crippen MR) is 107 cm³/mol. The molecule has 1 amide bonds. The SMILES string of the molecule is Cc1ccc(C(=O)Nc2ccc3nc(N4CCOCC4)sc3c2)cc1C. The van der Waals surface area contributed by atoms with Crippen LogP contribution in [0.1, 0.15) is 21.5 Å². The first-order chi connectivity index (χ1) is 12.6. The number of benzene rings is 2. The maximum atomic E-state index is 12.5. The van der Waals surface area contributed by atoms with Crippen LogP contribution in [-0.2, 0) is 4.74 Å². The molecule has 1 aliphatic heterocycles. The number of carbonyl (C=O) groups is 1. The van der Waals surface area contributed by atoms with Crippen molar-refractivity contribution < 1.29 is 9.53 Å². The summed E-state index contributed by atoms with van der Waals surface area (Å²) >= 11 is 1.65. The third-order valence-electron chi connectivity index (χ3n) is 4.69. The third kappa shape index (κ3) is 3.43. The Balaban J connectivity index is 1.54. The van der Waals surface area contributed by atoms with E-state index in [2.05, 4.69) is 10.2 Å². The molecule has 0 atom stereocenters. The van der Waals surface area contributed by atoms with Gasteiger partial charge in [0.05, 0.1) is 23.4 Å². The number of ether oxygens (including phenoxy) is 1. The monoisotopic (exact) mass is 367 g/mol. The van der Waals surface area contributed by atoms with Gasteiger partial charge in [-0.25, -0.2) is 4.98 Å². The zero-order valence-corrected chi connectivity index (χ0v) is 15.7. The van der Waals surface area contributed by atoms with E-state index in [0.717, 1.165) is 52.9 Å². The predicted octanol–water partition coefficient (Wildman–Crippen LogP) is 4.00. The topological polar surface area (TPSA) is 54.5 Å². The van der Waals surface area contributed by atoms with E-state index in [1.807, 2.05) is 50.2 Å². The van der Waals surface area contributed by atoms with Crippen molar-refractivity contribution in [1.82, 2.24) is 4.98 Å². The highest BCUT2D eigenvalue weighted by molar-refractivity contribution is 7.22. The minimum Gasteiger partial charge on any atom is -0.378 e. The van der Waals surface area contributed by atoms with Gasteiger partial charge in [-0.05, 0) is 55.3 Å². The lowest BCUT2D eigenvalue weighted by molar-refractivity contribution is 0.102. The van der Waals surface area contributed by atoms with Crippen molar-refractivity contribution in [3.63, 3.8) is 0 Å². The average Bonchev–Trinajstić information content (AvgIpc) is 3.08. The second kappa shape index (κ2) is 7.05. The summed E-state index contributed by atoms with van der Waals surface area (Å²) in [5, 5.41) is 4.01. The maximum absolute atomic E-state index is 12.5. The van der Waals surface area contributed by atoms with Crippen LogP contribution >= 0.6 is 11.3 Å². The number of rotatable bonds is 3. The summed E-state index contributed by atoms with van der Waals surface area (Å²) in [5.74, 6) is -0.0923. The summed E-state index contributed by atoms with van der Waals surface area (Å²) in [7, 11) is 0. The number of morpholine rings is 1. The molecule has 2 heterocycles. The molecular formula is C20H21N3O2S. The Kier molecular flexibility index (Phi) is 4.61. The van der Waals surface area contributed by atoms with Gasteiger partial charge in [0, 0.05) is 24.3 Å². The number of nitrogens with zero attached hydrogens (tertiary/aromatic N) is 2. The fourth-order valence-electron chi connectivity index (χ4n) is 2.97. The summed E-state index contributed by atoms with van der Waals surface area (Å²) in [6.45, 7) is 7.29. The van der Waals surface area contributed by atoms with Gasteiger partial charge in [-0.1, -0.05) is 17.4 Å². The Bertz CT molecular complexity index is 961. The number of hydrogen-bond donors (Lipinski definition) is 1. The molecule has 1 saturated heterocycles. The number of hydrogen-bond acceptors (Lipinski definition) is 5. The molecule has 26 heavy (non-hydrogen) atoms. The number of aryl methyl sites for hydroxylation is 2.